The number of aromatic nitrogens is 2. The molecule has 1 aromatic carbocycles. The largest absolute Gasteiger partial charge is 0.324 e. The molecule has 2 N–H and O–H groups in total. The van der Waals surface area contributed by atoms with Crippen molar-refractivity contribution in [3.8, 4) is 0 Å². The Morgan fingerprint density at radius 2 is 1.88 bits per heavy atom. The van der Waals surface area contributed by atoms with Crippen LogP contribution in [0.5, 0.6) is 0 Å². The molecule has 3 heterocycles. The second-order valence-corrected chi connectivity index (χ2v) is 7.37. The molecule has 132 valence electrons. The molecule has 1 aromatic heterocycles. The van der Waals surface area contributed by atoms with E-state index in [1.807, 2.05) is 6.20 Å². The van der Waals surface area contributed by atoms with Gasteiger partial charge in [-0.3, -0.25) is 4.90 Å². The van der Waals surface area contributed by atoms with Gasteiger partial charge >= 0.3 is 0 Å². The summed E-state index contributed by atoms with van der Waals surface area (Å²) in [6, 6.07) is 7.15. The van der Waals surface area contributed by atoms with Crippen LogP contribution in [0.3, 0.4) is 0 Å². The molecular formula is C20H27N5. The summed E-state index contributed by atoms with van der Waals surface area (Å²) >= 11 is 0. The minimum Gasteiger partial charge on any atom is -0.324 e. The second-order valence-electron chi connectivity index (χ2n) is 7.37. The topological polar surface area (TPSA) is 53.1 Å². The Hall–Kier alpha value is -1.98. The first-order valence-corrected chi connectivity index (χ1v) is 9.32. The fourth-order valence-electron chi connectivity index (χ4n) is 4.06. The third-order valence-corrected chi connectivity index (χ3v) is 5.27. The van der Waals surface area contributed by atoms with Crippen LogP contribution >= 0.6 is 0 Å². The van der Waals surface area contributed by atoms with Crippen molar-refractivity contribution in [2.45, 2.75) is 45.7 Å². The molecule has 0 spiro atoms. The van der Waals surface area contributed by atoms with E-state index < -0.39 is 0 Å². The summed E-state index contributed by atoms with van der Waals surface area (Å²) in [5.74, 6) is 0.707. The van der Waals surface area contributed by atoms with Gasteiger partial charge in [-0.25, -0.2) is 9.97 Å². The first-order chi connectivity index (χ1) is 12.2. The molecule has 0 aliphatic carbocycles. The minimum absolute atomic E-state index is 0.707. The maximum Gasteiger partial charge on any atom is 0.227 e. The molecule has 25 heavy (non-hydrogen) atoms. The van der Waals surface area contributed by atoms with Crippen LogP contribution in [0, 0.1) is 13.8 Å². The van der Waals surface area contributed by atoms with Crippen molar-refractivity contribution >= 4 is 11.6 Å². The maximum atomic E-state index is 4.79. The third kappa shape index (κ3) is 3.83. The Kier molecular flexibility index (Phi) is 4.68. The van der Waals surface area contributed by atoms with Gasteiger partial charge in [0.15, 0.2) is 0 Å². The number of hydrogen-bond donors (Lipinski definition) is 2. The monoisotopic (exact) mass is 337 g/mol. The lowest BCUT2D eigenvalue weighted by atomic mass is 10.00. The lowest BCUT2D eigenvalue weighted by molar-refractivity contribution is 0.146. The molecule has 2 aliphatic heterocycles. The van der Waals surface area contributed by atoms with Crippen molar-refractivity contribution in [2.24, 2.45) is 0 Å². The molecule has 0 radical (unpaired) electrons. The van der Waals surface area contributed by atoms with E-state index in [4.69, 9.17) is 4.98 Å². The van der Waals surface area contributed by atoms with Gasteiger partial charge < -0.3 is 10.6 Å². The summed E-state index contributed by atoms with van der Waals surface area (Å²) in [5, 5.41) is 6.82. The van der Waals surface area contributed by atoms with Crippen LogP contribution in [0.2, 0.25) is 0 Å². The van der Waals surface area contributed by atoms with Crippen LogP contribution in [-0.4, -0.2) is 40.5 Å². The van der Waals surface area contributed by atoms with E-state index in [0.717, 1.165) is 38.3 Å². The Bertz CT molecular complexity index is 731. The van der Waals surface area contributed by atoms with Crippen molar-refractivity contribution in [3.05, 3.63) is 46.8 Å². The standard InChI is InChI=1S/C20H27N5/c1-14-9-15(2)11-17(10-14)23-20-22-12-16-13-25(8-5-19(16)24-20)18-3-6-21-7-4-18/h9-12,18,21H,3-8,13H2,1-2H3,(H,22,23,24). The smallest absolute Gasteiger partial charge is 0.227 e. The molecule has 2 aliphatic rings. The number of aryl methyl sites for hydroxylation is 2. The number of nitrogens with one attached hydrogen (secondary N) is 2. The number of nitrogens with zero attached hydrogens (tertiary/aromatic N) is 3. The van der Waals surface area contributed by atoms with Gasteiger partial charge in [0.05, 0.1) is 5.69 Å². The summed E-state index contributed by atoms with van der Waals surface area (Å²) in [5.41, 5.74) is 6.04. The van der Waals surface area contributed by atoms with E-state index >= 15 is 0 Å². The summed E-state index contributed by atoms with van der Waals surface area (Å²) in [6.07, 6.45) is 5.54. The highest BCUT2D eigenvalue weighted by Gasteiger charge is 2.25. The number of rotatable bonds is 3. The van der Waals surface area contributed by atoms with E-state index in [-0.39, 0.29) is 0 Å². The number of benzene rings is 1. The molecule has 5 heteroatoms. The number of anilines is 2. The molecule has 0 saturated carbocycles. The normalized spacial score (nSPS) is 18.8. The van der Waals surface area contributed by atoms with Crippen LogP contribution in [0.1, 0.15) is 35.2 Å². The Labute approximate surface area is 149 Å². The summed E-state index contributed by atoms with van der Waals surface area (Å²) < 4.78 is 0. The van der Waals surface area contributed by atoms with Crippen LogP contribution in [0.25, 0.3) is 0 Å². The van der Waals surface area contributed by atoms with Gasteiger partial charge in [-0.05, 0) is 63.0 Å². The first-order valence-electron chi connectivity index (χ1n) is 9.32. The van der Waals surface area contributed by atoms with Gasteiger partial charge in [-0.1, -0.05) is 6.07 Å². The number of piperidine rings is 1. The SMILES string of the molecule is Cc1cc(C)cc(Nc2ncc3c(n2)CCN(C2CCNCC2)C3)c1. The molecule has 1 saturated heterocycles. The molecule has 0 atom stereocenters. The average molecular weight is 337 g/mol. The van der Waals surface area contributed by atoms with Crippen molar-refractivity contribution < 1.29 is 0 Å². The first kappa shape index (κ1) is 16.5. The van der Waals surface area contributed by atoms with Crippen molar-refractivity contribution in [2.75, 3.05) is 25.0 Å². The summed E-state index contributed by atoms with van der Waals surface area (Å²) in [6.45, 7) is 8.61. The van der Waals surface area contributed by atoms with Crippen LogP contribution in [0.4, 0.5) is 11.6 Å². The highest BCUT2D eigenvalue weighted by atomic mass is 15.2. The van der Waals surface area contributed by atoms with E-state index in [9.17, 15) is 0 Å². The zero-order valence-electron chi connectivity index (χ0n) is 15.2. The lowest BCUT2D eigenvalue weighted by Crippen LogP contribution is -2.45. The second kappa shape index (κ2) is 7.10. The molecule has 0 unspecified atom stereocenters. The molecule has 2 aromatic rings. The molecular weight excluding hydrogens is 310 g/mol. The Morgan fingerprint density at radius 3 is 2.64 bits per heavy atom. The van der Waals surface area contributed by atoms with E-state index in [1.165, 1.54) is 35.2 Å². The zero-order valence-corrected chi connectivity index (χ0v) is 15.2. The average Bonchev–Trinajstić information content (AvgIpc) is 2.61. The predicted octanol–water partition coefficient (Wildman–Crippen LogP) is 2.95. The summed E-state index contributed by atoms with van der Waals surface area (Å²) in [7, 11) is 0. The zero-order chi connectivity index (χ0) is 17.2. The van der Waals surface area contributed by atoms with Gasteiger partial charge in [0.25, 0.3) is 0 Å². The van der Waals surface area contributed by atoms with Gasteiger partial charge in [-0.15, -0.1) is 0 Å². The van der Waals surface area contributed by atoms with Crippen molar-refractivity contribution in [3.63, 3.8) is 0 Å². The Morgan fingerprint density at radius 1 is 1.12 bits per heavy atom. The highest BCUT2D eigenvalue weighted by molar-refractivity contribution is 5.56. The quantitative estimate of drug-likeness (QED) is 0.902. The third-order valence-electron chi connectivity index (χ3n) is 5.27. The van der Waals surface area contributed by atoms with Crippen LogP contribution in [-0.2, 0) is 13.0 Å². The lowest BCUT2D eigenvalue weighted by Gasteiger charge is -2.37. The van der Waals surface area contributed by atoms with E-state index in [0.29, 0.717) is 12.0 Å². The Balaban J connectivity index is 1.47. The van der Waals surface area contributed by atoms with Crippen molar-refractivity contribution in [1.82, 2.24) is 20.2 Å². The van der Waals surface area contributed by atoms with Gasteiger partial charge in [0, 0.05) is 43.0 Å². The molecule has 5 nitrogen and oxygen atoms in total. The fraction of sp³-hybridized carbons (Fsp3) is 0.500. The van der Waals surface area contributed by atoms with Gasteiger partial charge in [0.1, 0.15) is 0 Å². The minimum atomic E-state index is 0.707. The van der Waals surface area contributed by atoms with E-state index in [2.05, 4.69) is 52.6 Å². The van der Waals surface area contributed by atoms with Gasteiger partial charge in [0.2, 0.25) is 5.95 Å². The highest BCUT2D eigenvalue weighted by Crippen LogP contribution is 2.24. The molecule has 4 rings (SSSR count). The summed E-state index contributed by atoms with van der Waals surface area (Å²) in [4.78, 5) is 12.0. The van der Waals surface area contributed by atoms with Crippen molar-refractivity contribution in [1.29, 1.82) is 0 Å². The number of fused-ring (bicyclic) bond motifs is 1. The predicted molar refractivity (Wildman–Crippen MR) is 101 cm³/mol. The molecule has 0 amide bonds. The van der Waals surface area contributed by atoms with E-state index in [1.54, 1.807) is 0 Å². The maximum absolute atomic E-state index is 4.79. The number of hydrogen-bond acceptors (Lipinski definition) is 5. The van der Waals surface area contributed by atoms with Crippen LogP contribution < -0.4 is 10.6 Å². The fourth-order valence-corrected chi connectivity index (χ4v) is 4.06. The molecule has 1 fully saturated rings. The van der Waals surface area contributed by atoms with Gasteiger partial charge in [-0.2, -0.15) is 0 Å². The molecule has 0 bridgehead atoms. The van der Waals surface area contributed by atoms with Crippen LogP contribution in [0.15, 0.2) is 24.4 Å².